The lowest BCUT2D eigenvalue weighted by molar-refractivity contribution is 0.384. The zero-order valence-corrected chi connectivity index (χ0v) is 17.6. The highest BCUT2D eigenvalue weighted by atomic mass is 32.2. The van der Waals surface area contributed by atoms with Crippen molar-refractivity contribution in [2.24, 2.45) is 7.05 Å². The highest BCUT2D eigenvalue weighted by Crippen LogP contribution is 2.39. The maximum atomic E-state index is 12.7. The molecule has 0 aliphatic heterocycles. The summed E-state index contributed by atoms with van der Waals surface area (Å²) in [5, 5.41) is 6.35. The average molecular weight is 433 g/mol. The van der Waals surface area contributed by atoms with E-state index in [4.69, 9.17) is 9.51 Å². The predicted octanol–water partition coefficient (Wildman–Crippen LogP) is 4.93. The van der Waals surface area contributed by atoms with Gasteiger partial charge in [-0.3, -0.25) is 9.36 Å². The number of fused-ring (bicyclic) bond motifs is 1. The van der Waals surface area contributed by atoms with Crippen LogP contribution in [0.1, 0.15) is 16.7 Å². The molecule has 0 saturated heterocycles. The molecular weight excluding hydrogens is 416 g/mol. The van der Waals surface area contributed by atoms with E-state index in [1.54, 1.807) is 11.6 Å². The van der Waals surface area contributed by atoms with Crippen LogP contribution < -0.4 is 5.56 Å². The molecule has 0 radical (unpaired) electrons. The van der Waals surface area contributed by atoms with E-state index >= 15 is 0 Å². The smallest absolute Gasteiger partial charge is 0.271 e. The summed E-state index contributed by atoms with van der Waals surface area (Å²) in [6, 6.07) is 21.5. The Hall–Kier alpha value is -3.23. The Labute approximate surface area is 180 Å². The van der Waals surface area contributed by atoms with E-state index in [0.29, 0.717) is 27.1 Å². The van der Waals surface area contributed by atoms with Crippen LogP contribution in [0.25, 0.3) is 21.6 Å². The Balaban J connectivity index is 1.58. The van der Waals surface area contributed by atoms with Gasteiger partial charge in [0.2, 0.25) is 11.7 Å². The molecular formula is C22H16N4O2S2. The van der Waals surface area contributed by atoms with Crippen LogP contribution in [0.15, 0.2) is 86.6 Å². The lowest BCUT2D eigenvalue weighted by Gasteiger charge is -2.14. The minimum atomic E-state index is -0.301. The van der Waals surface area contributed by atoms with Crippen molar-refractivity contribution in [1.29, 1.82) is 0 Å². The van der Waals surface area contributed by atoms with E-state index < -0.39 is 0 Å². The Kier molecular flexibility index (Phi) is 4.94. The molecule has 0 spiro atoms. The van der Waals surface area contributed by atoms with Crippen molar-refractivity contribution in [2.45, 2.75) is 10.4 Å². The molecule has 30 heavy (non-hydrogen) atoms. The molecule has 5 rings (SSSR count). The third kappa shape index (κ3) is 3.44. The van der Waals surface area contributed by atoms with Gasteiger partial charge < -0.3 is 4.52 Å². The molecule has 0 aliphatic carbocycles. The van der Waals surface area contributed by atoms with E-state index in [9.17, 15) is 4.79 Å². The monoisotopic (exact) mass is 432 g/mol. The van der Waals surface area contributed by atoms with Gasteiger partial charge in [0.05, 0.1) is 5.52 Å². The van der Waals surface area contributed by atoms with Gasteiger partial charge in [0.1, 0.15) is 9.95 Å². The first-order valence-electron chi connectivity index (χ1n) is 9.25. The zero-order chi connectivity index (χ0) is 20.5. The van der Waals surface area contributed by atoms with Crippen LogP contribution in [0, 0.1) is 0 Å². The predicted molar refractivity (Wildman–Crippen MR) is 119 cm³/mol. The van der Waals surface area contributed by atoms with E-state index in [1.807, 2.05) is 72.1 Å². The molecule has 0 bridgehead atoms. The maximum absolute atomic E-state index is 12.7. The van der Waals surface area contributed by atoms with Gasteiger partial charge in [-0.1, -0.05) is 77.6 Å². The molecule has 2 aromatic carbocycles. The fourth-order valence-corrected chi connectivity index (χ4v) is 5.01. The first-order chi connectivity index (χ1) is 14.7. The minimum absolute atomic E-state index is 0.0557. The second kappa shape index (κ2) is 7.89. The summed E-state index contributed by atoms with van der Waals surface area (Å²) >= 11 is 2.83. The Morgan fingerprint density at radius 3 is 2.50 bits per heavy atom. The van der Waals surface area contributed by atoms with Crippen LogP contribution in [0.5, 0.6) is 0 Å². The van der Waals surface area contributed by atoms with Crippen molar-refractivity contribution in [2.75, 3.05) is 0 Å². The molecule has 0 saturated carbocycles. The first kappa shape index (κ1) is 18.8. The summed E-state index contributed by atoms with van der Waals surface area (Å²) in [4.78, 5) is 22.1. The maximum Gasteiger partial charge on any atom is 0.271 e. The molecule has 1 unspecified atom stereocenters. The molecule has 0 amide bonds. The number of thiophene rings is 1. The van der Waals surface area contributed by atoms with Crippen molar-refractivity contribution < 1.29 is 4.52 Å². The fraction of sp³-hybridized carbons (Fsp3) is 0.0909. The van der Waals surface area contributed by atoms with Gasteiger partial charge >= 0.3 is 0 Å². The summed E-state index contributed by atoms with van der Waals surface area (Å²) in [5.41, 5.74) is 2.52. The highest BCUT2D eigenvalue weighted by molar-refractivity contribution is 7.99. The van der Waals surface area contributed by atoms with Gasteiger partial charge in [-0.2, -0.15) is 4.98 Å². The molecule has 3 aromatic heterocycles. The van der Waals surface area contributed by atoms with Crippen LogP contribution in [0.2, 0.25) is 0 Å². The van der Waals surface area contributed by atoms with E-state index in [2.05, 4.69) is 10.1 Å². The van der Waals surface area contributed by atoms with Gasteiger partial charge in [0.25, 0.3) is 5.56 Å². The van der Waals surface area contributed by atoms with Gasteiger partial charge in [-0.15, -0.1) is 11.3 Å². The van der Waals surface area contributed by atoms with Crippen LogP contribution in [0.3, 0.4) is 0 Å². The van der Waals surface area contributed by atoms with Crippen molar-refractivity contribution in [3.63, 3.8) is 0 Å². The number of aromatic nitrogens is 4. The minimum Gasteiger partial charge on any atom is -0.337 e. The van der Waals surface area contributed by atoms with Gasteiger partial charge in [-0.25, -0.2) is 4.98 Å². The van der Waals surface area contributed by atoms with Gasteiger partial charge in [0, 0.05) is 12.6 Å². The summed E-state index contributed by atoms with van der Waals surface area (Å²) in [6.45, 7) is 0. The molecule has 6 nitrogen and oxygen atoms in total. The van der Waals surface area contributed by atoms with Crippen LogP contribution in [0.4, 0.5) is 0 Å². The molecule has 148 valence electrons. The quantitative estimate of drug-likeness (QED) is 0.290. The average Bonchev–Trinajstić information content (AvgIpc) is 3.46. The number of hydrogen-bond acceptors (Lipinski definition) is 7. The van der Waals surface area contributed by atoms with Crippen molar-refractivity contribution in [1.82, 2.24) is 19.7 Å². The lowest BCUT2D eigenvalue weighted by atomic mass is 10.1. The summed E-state index contributed by atoms with van der Waals surface area (Å²) in [5.74, 6) is 0.993. The first-order valence-corrected chi connectivity index (χ1v) is 11.0. The standard InChI is InChI=1S/C22H16N4O2S2/c1-26-21(27)18-16(12-13-29-18)23-22(26)30-17(14-8-4-2-5-9-14)20-24-19(25-28-20)15-10-6-3-7-11-15/h2-13,17H,1H3. The Bertz CT molecular complexity index is 1360. The number of benzene rings is 2. The molecule has 5 aromatic rings. The molecule has 1 atom stereocenters. The van der Waals surface area contributed by atoms with Crippen molar-refractivity contribution >= 4 is 33.3 Å². The fourth-order valence-electron chi connectivity index (χ4n) is 3.11. The number of rotatable bonds is 5. The molecule has 8 heteroatoms. The molecule has 0 aliphatic rings. The zero-order valence-electron chi connectivity index (χ0n) is 15.9. The third-order valence-electron chi connectivity index (χ3n) is 4.67. The highest BCUT2D eigenvalue weighted by Gasteiger charge is 2.25. The van der Waals surface area contributed by atoms with Crippen LogP contribution in [-0.4, -0.2) is 19.7 Å². The van der Waals surface area contributed by atoms with Crippen molar-refractivity contribution in [3.8, 4) is 11.4 Å². The third-order valence-corrected chi connectivity index (χ3v) is 6.85. The molecule has 3 heterocycles. The normalized spacial score (nSPS) is 12.3. The Morgan fingerprint density at radius 2 is 1.73 bits per heavy atom. The molecule has 0 fully saturated rings. The Morgan fingerprint density at radius 1 is 1.00 bits per heavy atom. The molecule has 0 N–H and O–H groups in total. The van der Waals surface area contributed by atoms with E-state index in [-0.39, 0.29) is 10.8 Å². The summed E-state index contributed by atoms with van der Waals surface area (Å²) < 4.78 is 7.89. The second-order valence-electron chi connectivity index (χ2n) is 6.62. The van der Waals surface area contributed by atoms with Gasteiger partial charge in [0.15, 0.2) is 5.16 Å². The topological polar surface area (TPSA) is 73.8 Å². The number of thioether (sulfide) groups is 1. The summed E-state index contributed by atoms with van der Waals surface area (Å²) in [6.07, 6.45) is 0. The second-order valence-corrected chi connectivity index (χ2v) is 8.61. The van der Waals surface area contributed by atoms with E-state index in [0.717, 1.165) is 11.1 Å². The number of nitrogens with zero attached hydrogens (tertiary/aromatic N) is 4. The lowest BCUT2D eigenvalue weighted by Crippen LogP contribution is -2.19. The van der Waals surface area contributed by atoms with Crippen LogP contribution in [-0.2, 0) is 7.05 Å². The van der Waals surface area contributed by atoms with Crippen LogP contribution >= 0.6 is 23.1 Å². The number of hydrogen-bond donors (Lipinski definition) is 0. The van der Waals surface area contributed by atoms with E-state index in [1.165, 1.54) is 23.1 Å². The van der Waals surface area contributed by atoms with Crippen molar-refractivity contribution in [3.05, 3.63) is 93.9 Å². The summed E-state index contributed by atoms with van der Waals surface area (Å²) in [7, 11) is 1.74. The largest absolute Gasteiger partial charge is 0.337 e. The SMILES string of the molecule is Cn1c(SC(c2ccccc2)c2nc(-c3ccccc3)no2)nc2ccsc2c1=O. The van der Waals surface area contributed by atoms with Gasteiger partial charge in [-0.05, 0) is 17.0 Å².